The molecule has 5 heteroatoms. The van der Waals surface area contributed by atoms with Crippen LogP contribution in [0.4, 0.5) is 0 Å². The lowest BCUT2D eigenvalue weighted by Crippen LogP contribution is -2.34. The van der Waals surface area contributed by atoms with Gasteiger partial charge in [-0.1, -0.05) is 12.2 Å². The Bertz CT molecular complexity index is 550. The van der Waals surface area contributed by atoms with E-state index in [0.717, 1.165) is 12.1 Å². The third-order valence-corrected chi connectivity index (χ3v) is 3.64. The first-order chi connectivity index (χ1) is 9.19. The largest absolute Gasteiger partial charge is 0.465 e. The van der Waals surface area contributed by atoms with Crippen molar-refractivity contribution in [1.29, 1.82) is 0 Å². The molecule has 0 spiro atoms. The Morgan fingerprint density at radius 1 is 1.47 bits per heavy atom. The highest BCUT2D eigenvalue weighted by Crippen LogP contribution is 2.33. The van der Waals surface area contributed by atoms with Gasteiger partial charge < -0.3 is 9.64 Å². The van der Waals surface area contributed by atoms with Gasteiger partial charge in [-0.05, 0) is 18.6 Å². The van der Waals surface area contributed by atoms with Gasteiger partial charge in [0.2, 0.25) is 5.91 Å². The van der Waals surface area contributed by atoms with E-state index < -0.39 is 5.97 Å². The van der Waals surface area contributed by atoms with Crippen molar-refractivity contribution in [2.24, 2.45) is 5.92 Å². The van der Waals surface area contributed by atoms with Crippen molar-refractivity contribution in [2.75, 3.05) is 7.11 Å². The molecule has 0 aromatic carbocycles. The van der Waals surface area contributed by atoms with Crippen LogP contribution < -0.4 is 0 Å². The van der Waals surface area contributed by atoms with E-state index in [9.17, 15) is 9.59 Å². The summed E-state index contributed by atoms with van der Waals surface area (Å²) in [5, 5.41) is 0. The van der Waals surface area contributed by atoms with E-state index in [2.05, 4.69) is 15.8 Å². The molecule has 2 unspecified atom stereocenters. The Labute approximate surface area is 110 Å². The first-order valence-corrected chi connectivity index (χ1v) is 6.21. The minimum Gasteiger partial charge on any atom is -0.465 e. The van der Waals surface area contributed by atoms with Crippen molar-refractivity contribution in [2.45, 2.75) is 19.0 Å². The lowest BCUT2D eigenvalue weighted by molar-refractivity contribution is -0.131. The molecule has 1 aliphatic heterocycles. The lowest BCUT2D eigenvalue weighted by Gasteiger charge is -2.23. The Kier molecular flexibility index (Phi) is 2.81. The molecule has 1 aromatic heterocycles. The molecule has 0 saturated carbocycles. The Morgan fingerprint density at radius 2 is 2.32 bits per heavy atom. The quantitative estimate of drug-likeness (QED) is 0.603. The highest BCUT2D eigenvalue weighted by Gasteiger charge is 2.40. The SMILES string of the molecule is COC(=O)c1ccc(CN2C(=O)C3C=CC2C3)nc1. The van der Waals surface area contributed by atoms with Crippen molar-refractivity contribution in [3.8, 4) is 0 Å². The molecule has 2 heterocycles. The van der Waals surface area contributed by atoms with Crippen LogP contribution in [0, 0.1) is 5.92 Å². The molecule has 5 nitrogen and oxygen atoms in total. The number of esters is 1. The van der Waals surface area contributed by atoms with E-state index in [-0.39, 0.29) is 17.9 Å². The first-order valence-electron chi connectivity index (χ1n) is 6.21. The van der Waals surface area contributed by atoms with Crippen LogP contribution in [0.3, 0.4) is 0 Å². The number of amides is 1. The Hall–Kier alpha value is -2.17. The fourth-order valence-electron chi connectivity index (χ4n) is 2.60. The summed E-state index contributed by atoms with van der Waals surface area (Å²) in [5.41, 5.74) is 1.20. The monoisotopic (exact) mass is 258 g/mol. The van der Waals surface area contributed by atoms with Gasteiger partial charge in [0.05, 0.1) is 36.9 Å². The number of fused-ring (bicyclic) bond motifs is 2. The van der Waals surface area contributed by atoms with Crippen molar-refractivity contribution >= 4 is 11.9 Å². The summed E-state index contributed by atoms with van der Waals surface area (Å²) in [6.45, 7) is 0.492. The standard InChI is InChI=1S/C14H14N2O3/c1-19-14(18)10-2-4-11(15-7-10)8-16-12-5-3-9(6-12)13(16)17/h2-5,7,9,12H,6,8H2,1H3. The van der Waals surface area contributed by atoms with Crippen LogP contribution in [-0.4, -0.2) is 34.9 Å². The second-order valence-corrected chi connectivity index (χ2v) is 4.79. The number of aromatic nitrogens is 1. The van der Waals surface area contributed by atoms with E-state index >= 15 is 0 Å². The summed E-state index contributed by atoms with van der Waals surface area (Å²) in [4.78, 5) is 29.3. The predicted octanol–water partition coefficient (Wildman–Crippen LogP) is 1.16. The van der Waals surface area contributed by atoms with Crippen LogP contribution in [-0.2, 0) is 16.1 Å². The number of methoxy groups -OCH3 is 1. The number of hydrogen-bond acceptors (Lipinski definition) is 4. The number of hydrogen-bond donors (Lipinski definition) is 0. The van der Waals surface area contributed by atoms with Gasteiger partial charge in [-0.25, -0.2) is 4.79 Å². The zero-order valence-corrected chi connectivity index (χ0v) is 10.6. The second kappa shape index (κ2) is 4.50. The van der Waals surface area contributed by atoms with Crippen LogP contribution in [0.15, 0.2) is 30.5 Å². The van der Waals surface area contributed by atoms with Gasteiger partial charge in [0.25, 0.3) is 0 Å². The fourth-order valence-corrected chi connectivity index (χ4v) is 2.60. The van der Waals surface area contributed by atoms with E-state index in [0.29, 0.717) is 12.1 Å². The minimum absolute atomic E-state index is 0.0549. The van der Waals surface area contributed by atoms with Crippen LogP contribution in [0.5, 0.6) is 0 Å². The highest BCUT2D eigenvalue weighted by atomic mass is 16.5. The fraction of sp³-hybridized carbons (Fsp3) is 0.357. The molecule has 0 N–H and O–H groups in total. The summed E-state index contributed by atoms with van der Waals surface area (Å²) >= 11 is 0. The van der Waals surface area contributed by atoms with Gasteiger partial charge in [-0.3, -0.25) is 9.78 Å². The third kappa shape index (κ3) is 2.01. The Morgan fingerprint density at radius 3 is 2.89 bits per heavy atom. The topological polar surface area (TPSA) is 59.5 Å². The molecule has 2 aliphatic rings. The number of pyridine rings is 1. The maximum atomic E-state index is 12.0. The molecular formula is C14H14N2O3. The van der Waals surface area contributed by atoms with Crippen molar-refractivity contribution in [1.82, 2.24) is 9.88 Å². The van der Waals surface area contributed by atoms with Crippen LogP contribution in [0.1, 0.15) is 22.5 Å². The number of rotatable bonds is 3. The van der Waals surface area contributed by atoms with Gasteiger partial charge in [0.15, 0.2) is 0 Å². The van der Waals surface area contributed by atoms with Gasteiger partial charge >= 0.3 is 5.97 Å². The maximum absolute atomic E-state index is 12.0. The maximum Gasteiger partial charge on any atom is 0.339 e. The molecule has 2 bridgehead atoms. The molecule has 2 atom stereocenters. The second-order valence-electron chi connectivity index (χ2n) is 4.79. The molecule has 1 aliphatic carbocycles. The Balaban J connectivity index is 1.72. The molecule has 1 aromatic rings. The van der Waals surface area contributed by atoms with Crippen molar-refractivity contribution in [3.63, 3.8) is 0 Å². The van der Waals surface area contributed by atoms with Gasteiger partial charge in [-0.2, -0.15) is 0 Å². The van der Waals surface area contributed by atoms with Crippen molar-refractivity contribution < 1.29 is 14.3 Å². The van der Waals surface area contributed by atoms with Gasteiger partial charge in [-0.15, -0.1) is 0 Å². The van der Waals surface area contributed by atoms with E-state index in [4.69, 9.17) is 0 Å². The molecule has 3 rings (SSSR count). The average Bonchev–Trinajstić information content (AvgIpc) is 3.02. The zero-order chi connectivity index (χ0) is 13.4. The van der Waals surface area contributed by atoms with Gasteiger partial charge in [0, 0.05) is 6.20 Å². The summed E-state index contributed by atoms with van der Waals surface area (Å²) in [5.74, 6) is -0.177. The highest BCUT2D eigenvalue weighted by molar-refractivity contribution is 5.89. The first kappa shape index (κ1) is 11.9. The number of carbonyl (C=O) groups is 2. The number of likely N-dealkylation sites (tertiary alicyclic amines) is 1. The normalized spacial score (nSPS) is 24.1. The summed E-state index contributed by atoms with van der Waals surface area (Å²) in [6.07, 6.45) is 6.43. The van der Waals surface area contributed by atoms with E-state index in [1.54, 1.807) is 12.1 Å². The summed E-state index contributed by atoms with van der Waals surface area (Å²) in [6, 6.07) is 3.64. The molecule has 0 radical (unpaired) electrons. The van der Waals surface area contributed by atoms with Crippen LogP contribution in [0.25, 0.3) is 0 Å². The molecule has 1 fully saturated rings. The lowest BCUT2D eigenvalue weighted by atomic mass is 10.1. The smallest absolute Gasteiger partial charge is 0.339 e. The summed E-state index contributed by atoms with van der Waals surface area (Å²) < 4.78 is 4.61. The number of nitrogens with zero attached hydrogens (tertiary/aromatic N) is 2. The molecule has 19 heavy (non-hydrogen) atoms. The van der Waals surface area contributed by atoms with Gasteiger partial charge in [0.1, 0.15) is 0 Å². The van der Waals surface area contributed by atoms with E-state index in [1.807, 2.05) is 11.0 Å². The molecular weight excluding hydrogens is 244 g/mol. The minimum atomic E-state index is -0.404. The zero-order valence-electron chi connectivity index (χ0n) is 10.6. The summed E-state index contributed by atoms with van der Waals surface area (Å²) in [7, 11) is 1.34. The van der Waals surface area contributed by atoms with E-state index in [1.165, 1.54) is 13.3 Å². The average molecular weight is 258 g/mol. The van der Waals surface area contributed by atoms with Crippen LogP contribution >= 0.6 is 0 Å². The third-order valence-electron chi connectivity index (χ3n) is 3.64. The van der Waals surface area contributed by atoms with Crippen molar-refractivity contribution in [3.05, 3.63) is 41.7 Å². The number of carbonyl (C=O) groups excluding carboxylic acids is 2. The van der Waals surface area contributed by atoms with Crippen LogP contribution in [0.2, 0.25) is 0 Å². The molecule has 98 valence electrons. The predicted molar refractivity (Wildman–Crippen MR) is 67.2 cm³/mol. The number of ether oxygens (including phenoxy) is 1. The molecule has 1 amide bonds. The molecule has 1 saturated heterocycles.